The summed E-state index contributed by atoms with van der Waals surface area (Å²) < 4.78 is 59.5. The molecule has 1 aromatic carbocycles. The van der Waals surface area contributed by atoms with E-state index in [4.69, 9.17) is 10.5 Å². The smallest absolute Gasteiger partial charge is 0.223 e. The van der Waals surface area contributed by atoms with Crippen molar-refractivity contribution in [2.75, 3.05) is 13.2 Å². The highest BCUT2D eigenvalue weighted by atomic mass is 19.2. The minimum Gasteiger partial charge on any atom is -0.480 e. The number of primary amides is 1. The molecule has 3 atom stereocenters. The fraction of sp³-hybridized carbons (Fsp3) is 0.364. The van der Waals surface area contributed by atoms with Crippen LogP contribution in [0.4, 0.5) is 17.6 Å². The van der Waals surface area contributed by atoms with Crippen molar-refractivity contribution in [2.24, 2.45) is 23.5 Å². The lowest BCUT2D eigenvalue weighted by Crippen LogP contribution is -2.40. The summed E-state index contributed by atoms with van der Waals surface area (Å²) in [5.41, 5.74) is 6.01. The van der Waals surface area contributed by atoms with Gasteiger partial charge >= 0.3 is 0 Å². The van der Waals surface area contributed by atoms with Gasteiger partial charge < -0.3 is 15.8 Å². The van der Waals surface area contributed by atoms with Gasteiger partial charge in [-0.1, -0.05) is 6.07 Å². The summed E-state index contributed by atoms with van der Waals surface area (Å²) in [6, 6.07) is 4.96. The van der Waals surface area contributed by atoms with Gasteiger partial charge in [0.05, 0.1) is 5.92 Å². The quantitative estimate of drug-likeness (QED) is 0.411. The van der Waals surface area contributed by atoms with E-state index < -0.39 is 65.1 Å². The van der Waals surface area contributed by atoms with Crippen LogP contribution in [-0.2, 0) is 20.8 Å². The summed E-state index contributed by atoms with van der Waals surface area (Å²) in [6.45, 7) is -0.608. The van der Waals surface area contributed by atoms with E-state index in [-0.39, 0.29) is 24.8 Å². The normalized spacial score (nSPS) is 17.3. The Balaban J connectivity index is 1.86. The second kappa shape index (κ2) is 10.4. The summed E-state index contributed by atoms with van der Waals surface area (Å²) in [6.07, 6.45) is 1.80. The summed E-state index contributed by atoms with van der Waals surface area (Å²) in [5, 5.41) is 2.62. The van der Waals surface area contributed by atoms with Crippen LogP contribution in [-0.4, -0.2) is 35.7 Å². The van der Waals surface area contributed by atoms with Crippen molar-refractivity contribution in [1.29, 1.82) is 0 Å². The van der Waals surface area contributed by atoms with Crippen LogP contribution in [0.3, 0.4) is 0 Å². The molecule has 33 heavy (non-hydrogen) atoms. The molecule has 7 nitrogen and oxygen atoms in total. The lowest BCUT2D eigenvalue weighted by Gasteiger charge is -2.25. The molecule has 1 unspecified atom stereocenters. The second-order valence-corrected chi connectivity index (χ2v) is 7.71. The van der Waals surface area contributed by atoms with Crippen LogP contribution in [0.5, 0.6) is 5.75 Å². The van der Waals surface area contributed by atoms with Crippen molar-refractivity contribution in [3.8, 4) is 5.75 Å². The minimum absolute atomic E-state index is 0.0108. The third-order valence-electron chi connectivity index (χ3n) is 5.55. The molecule has 176 valence electrons. The van der Waals surface area contributed by atoms with Gasteiger partial charge in [0.25, 0.3) is 0 Å². The molecule has 0 saturated carbocycles. The minimum atomic E-state index is -1.80. The molecule has 3 rings (SSSR count). The average molecular weight is 467 g/mol. The van der Waals surface area contributed by atoms with Gasteiger partial charge in [0.1, 0.15) is 6.61 Å². The molecular formula is C22H21F4N3O4. The first-order valence-electron chi connectivity index (χ1n) is 10.1. The SMILES string of the molecule is NC(=O)C(Cc1ccccn1)[C@H](C[C@H]1CCNC1=O)C(=O)COc1c(F)c(F)cc(F)c1F. The molecule has 1 aromatic heterocycles. The topological polar surface area (TPSA) is 111 Å². The number of pyridine rings is 1. The Hall–Kier alpha value is -3.50. The lowest BCUT2D eigenvalue weighted by atomic mass is 9.78. The van der Waals surface area contributed by atoms with Crippen LogP contribution in [0.25, 0.3) is 0 Å². The van der Waals surface area contributed by atoms with Crippen LogP contribution in [0, 0.1) is 41.0 Å². The molecular weight excluding hydrogens is 446 g/mol. The van der Waals surface area contributed by atoms with E-state index in [0.29, 0.717) is 18.7 Å². The Bertz CT molecular complexity index is 1030. The number of ether oxygens (including phenoxy) is 1. The fourth-order valence-corrected chi connectivity index (χ4v) is 3.81. The molecule has 1 saturated heterocycles. The molecule has 1 fully saturated rings. The Morgan fingerprint density at radius 3 is 2.39 bits per heavy atom. The number of amides is 2. The third kappa shape index (κ3) is 5.65. The van der Waals surface area contributed by atoms with Crippen molar-refractivity contribution in [3.63, 3.8) is 0 Å². The van der Waals surface area contributed by atoms with E-state index in [1.54, 1.807) is 18.2 Å². The number of rotatable bonds is 10. The largest absolute Gasteiger partial charge is 0.480 e. The summed E-state index contributed by atoms with van der Waals surface area (Å²) in [5.74, 6) is -13.2. The zero-order chi connectivity index (χ0) is 24.1. The number of hydrogen-bond acceptors (Lipinski definition) is 5. The van der Waals surface area contributed by atoms with Gasteiger partial charge in [-0.3, -0.25) is 19.4 Å². The third-order valence-corrected chi connectivity index (χ3v) is 5.55. The number of nitrogens with zero attached hydrogens (tertiary/aromatic N) is 1. The first-order chi connectivity index (χ1) is 15.7. The molecule has 1 aliphatic heterocycles. The molecule has 0 radical (unpaired) electrons. The number of halogens is 4. The molecule has 0 aliphatic carbocycles. The van der Waals surface area contributed by atoms with Crippen LogP contribution in [0.15, 0.2) is 30.5 Å². The Labute approximate surface area is 186 Å². The number of carbonyl (C=O) groups is 3. The predicted octanol–water partition coefficient (Wildman–Crippen LogP) is 2.07. The van der Waals surface area contributed by atoms with E-state index in [2.05, 4.69) is 10.3 Å². The van der Waals surface area contributed by atoms with Crippen molar-refractivity contribution in [3.05, 3.63) is 59.4 Å². The van der Waals surface area contributed by atoms with E-state index in [0.717, 1.165) is 0 Å². The molecule has 11 heteroatoms. The van der Waals surface area contributed by atoms with Gasteiger partial charge in [0, 0.05) is 42.8 Å². The maximum Gasteiger partial charge on any atom is 0.223 e. The molecule has 1 aliphatic rings. The van der Waals surface area contributed by atoms with E-state index >= 15 is 0 Å². The number of aromatic nitrogens is 1. The number of nitrogens with one attached hydrogen (secondary N) is 1. The highest BCUT2D eigenvalue weighted by molar-refractivity contribution is 5.90. The van der Waals surface area contributed by atoms with Crippen molar-refractivity contribution in [1.82, 2.24) is 10.3 Å². The van der Waals surface area contributed by atoms with Crippen molar-refractivity contribution >= 4 is 17.6 Å². The van der Waals surface area contributed by atoms with Crippen LogP contribution >= 0.6 is 0 Å². The molecule has 0 bridgehead atoms. The zero-order valence-electron chi connectivity index (χ0n) is 17.3. The second-order valence-electron chi connectivity index (χ2n) is 7.71. The Morgan fingerprint density at radius 2 is 1.85 bits per heavy atom. The maximum atomic E-state index is 13.9. The maximum absolute atomic E-state index is 13.9. The predicted molar refractivity (Wildman–Crippen MR) is 107 cm³/mol. The number of Topliss-reactive ketones (excluding diaryl/α,β-unsaturated/α-hetero) is 1. The first-order valence-corrected chi connectivity index (χ1v) is 10.1. The van der Waals surface area contributed by atoms with Gasteiger partial charge in [0.15, 0.2) is 23.2 Å². The number of benzene rings is 1. The van der Waals surface area contributed by atoms with Crippen LogP contribution in [0.1, 0.15) is 18.5 Å². The highest BCUT2D eigenvalue weighted by Gasteiger charge is 2.38. The number of hydrogen-bond donors (Lipinski definition) is 2. The molecule has 3 N–H and O–H groups in total. The standard InChI is InChI=1S/C22H21F4N3O4/c23-15-9-16(24)19(26)20(18(15)25)33-10-17(30)13(7-11-4-6-29-22(11)32)14(21(27)31)8-12-3-1-2-5-28-12/h1-3,5,9,11,13-14H,4,6-8,10H2,(H2,27,31)(H,29,32)/t11-,13+,14?/m1/s1. The molecule has 0 spiro atoms. The van der Waals surface area contributed by atoms with Gasteiger partial charge in [-0.2, -0.15) is 8.78 Å². The Kier molecular flexibility index (Phi) is 7.62. The fourth-order valence-electron chi connectivity index (χ4n) is 3.81. The van der Waals surface area contributed by atoms with Crippen LogP contribution in [0.2, 0.25) is 0 Å². The van der Waals surface area contributed by atoms with E-state index in [1.807, 2.05) is 0 Å². The molecule has 2 aromatic rings. The monoisotopic (exact) mass is 467 g/mol. The summed E-state index contributed by atoms with van der Waals surface area (Å²) in [7, 11) is 0. The number of ketones is 1. The van der Waals surface area contributed by atoms with Gasteiger partial charge in [-0.25, -0.2) is 8.78 Å². The van der Waals surface area contributed by atoms with Crippen molar-refractivity contribution in [2.45, 2.75) is 19.3 Å². The number of carbonyl (C=O) groups excluding carboxylic acids is 3. The average Bonchev–Trinajstić information content (AvgIpc) is 3.19. The molecule has 2 heterocycles. The molecule has 2 amide bonds. The number of nitrogens with two attached hydrogens (primary N) is 1. The van der Waals surface area contributed by atoms with E-state index in [1.165, 1.54) is 6.20 Å². The van der Waals surface area contributed by atoms with Crippen LogP contribution < -0.4 is 15.8 Å². The van der Waals surface area contributed by atoms with Gasteiger partial charge in [-0.15, -0.1) is 0 Å². The summed E-state index contributed by atoms with van der Waals surface area (Å²) in [4.78, 5) is 41.5. The van der Waals surface area contributed by atoms with E-state index in [9.17, 15) is 31.9 Å². The highest BCUT2D eigenvalue weighted by Crippen LogP contribution is 2.30. The van der Waals surface area contributed by atoms with Gasteiger partial charge in [-0.05, 0) is 25.0 Å². The van der Waals surface area contributed by atoms with Gasteiger partial charge in [0.2, 0.25) is 23.4 Å². The zero-order valence-corrected chi connectivity index (χ0v) is 17.3. The van der Waals surface area contributed by atoms with Crippen molar-refractivity contribution < 1.29 is 36.7 Å². The first kappa shape index (κ1) is 24.1. The Morgan fingerprint density at radius 1 is 1.15 bits per heavy atom. The lowest BCUT2D eigenvalue weighted by molar-refractivity contribution is -0.135. The summed E-state index contributed by atoms with van der Waals surface area (Å²) >= 11 is 0.